The first kappa shape index (κ1) is 10.1. The molecule has 5 nitrogen and oxygen atoms in total. The lowest BCUT2D eigenvalue weighted by atomic mass is 10.1. The summed E-state index contributed by atoms with van der Waals surface area (Å²) < 4.78 is 1.71. The van der Waals surface area contributed by atoms with Crippen molar-refractivity contribution in [2.45, 2.75) is 19.4 Å². The number of aliphatic hydroxyl groups is 1. The fraction of sp³-hybridized carbons (Fsp3) is 0.400. The third kappa shape index (κ3) is 1.98. The van der Waals surface area contributed by atoms with Crippen LogP contribution in [-0.2, 0) is 0 Å². The molecule has 2 aromatic heterocycles. The lowest BCUT2D eigenvalue weighted by molar-refractivity contribution is 0.276. The molecule has 0 aromatic carbocycles. The van der Waals surface area contributed by atoms with Crippen LogP contribution < -0.4 is 5.73 Å². The van der Waals surface area contributed by atoms with E-state index in [9.17, 15) is 0 Å². The van der Waals surface area contributed by atoms with Crippen molar-refractivity contribution in [3.05, 3.63) is 29.7 Å². The second-order valence-electron chi connectivity index (χ2n) is 3.59. The van der Waals surface area contributed by atoms with E-state index >= 15 is 0 Å². The van der Waals surface area contributed by atoms with Gasteiger partial charge in [0.05, 0.1) is 5.69 Å². The molecule has 3 N–H and O–H groups in total. The largest absolute Gasteiger partial charge is 0.396 e. The monoisotopic (exact) mass is 206 g/mol. The van der Waals surface area contributed by atoms with Gasteiger partial charge in [0.15, 0.2) is 5.65 Å². The highest BCUT2D eigenvalue weighted by atomic mass is 16.3. The molecule has 0 radical (unpaired) electrons. The van der Waals surface area contributed by atoms with Gasteiger partial charge in [0, 0.05) is 36.7 Å². The van der Waals surface area contributed by atoms with Gasteiger partial charge in [-0.1, -0.05) is 0 Å². The van der Waals surface area contributed by atoms with E-state index in [1.54, 1.807) is 10.7 Å². The van der Waals surface area contributed by atoms with E-state index in [2.05, 4.69) is 10.1 Å². The molecular weight excluding hydrogens is 192 g/mol. The number of rotatable bonds is 3. The topological polar surface area (TPSA) is 76.4 Å². The zero-order valence-corrected chi connectivity index (χ0v) is 8.59. The molecule has 1 unspecified atom stereocenters. The van der Waals surface area contributed by atoms with Gasteiger partial charge in [-0.25, -0.2) is 9.50 Å². The number of fused-ring (bicyclic) bond motifs is 1. The van der Waals surface area contributed by atoms with Gasteiger partial charge in [0.2, 0.25) is 0 Å². The number of aliphatic hydroxyl groups excluding tert-OH is 1. The van der Waals surface area contributed by atoms with Crippen molar-refractivity contribution in [2.24, 2.45) is 5.73 Å². The molecule has 2 rings (SSSR count). The number of aromatic nitrogens is 3. The number of hydrogen-bond donors (Lipinski definition) is 2. The first-order valence-corrected chi connectivity index (χ1v) is 4.89. The molecule has 0 amide bonds. The first-order chi connectivity index (χ1) is 7.20. The normalized spacial score (nSPS) is 13.3. The molecule has 0 spiro atoms. The molecule has 2 aromatic rings. The number of aryl methyl sites for hydroxylation is 1. The maximum atomic E-state index is 8.79. The maximum absolute atomic E-state index is 8.79. The lowest BCUT2D eigenvalue weighted by Gasteiger charge is -2.09. The zero-order valence-electron chi connectivity index (χ0n) is 8.59. The van der Waals surface area contributed by atoms with Crippen molar-refractivity contribution in [2.75, 3.05) is 6.61 Å². The Morgan fingerprint density at radius 3 is 3.13 bits per heavy atom. The Labute approximate surface area is 87.6 Å². The number of nitrogens with zero attached hydrogens (tertiary/aromatic N) is 3. The Morgan fingerprint density at radius 1 is 1.60 bits per heavy atom. The van der Waals surface area contributed by atoms with Crippen molar-refractivity contribution in [1.29, 1.82) is 0 Å². The van der Waals surface area contributed by atoms with Crippen LogP contribution in [-0.4, -0.2) is 26.3 Å². The van der Waals surface area contributed by atoms with Gasteiger partial charge < -0.3 is 10.8 Å². The lowest BCUT2D eigenvalue weighted by Crippen LogP contribution is -2.13. The summed E-state index contributed by atoms with van der Waals surface area (Å²) in [6.45, 7) is 2.00. The first-order valence-electron chi connectivity index (χ1n) is 4.89. The minimum atomic E-state index is -0.184. The molecular formula is C10H14N4O. The Bertz CT molecular complexity index is 465. The minimum absolute atomic E-state index is 0.0807. The van der Waals surface area contributed by atoms with Crippen LogP contribution >= 0.6 is 0 Å². The highest BCUT2D eigenvalue weighted by Crippen LogP contribution is 2.13. The molecule has 80 valence electrons. The quantitative estimate of drug-likeness (QED) is 0.763. The molecule has 0 aliphatic rings. The van der Waals surface area contributed by atoms with Gasteiger partial charge in [-0.15, -0.1) is 0 Å². The van der Waals surface area contributed by atoms with Gasteiger partial charge in [-0.05, 0) is 13.3 Å². The molecule has 15 heavy (non-hydrogen) atoms. The highest BCUT2D eigenvalue weighted by molar-refractivity contribution is 5.39. The van der Waals surface area contributed by atoms with Gasteiger partial charge in [-0.2, -0.15) is 5.10 Å². The van der Waals surface area contributed by atoms with Gasteiger partial charge in [0.1, 0.15) is 0 Å². The summed E-state index contributed by atoms with van der Waals surface area (Å²) in [5.74, 6) is 0. The SMILES string of the molecule is Cc1cc2ncc(C(N)CCO)cn2n1. The Hall–Kier alpha value is -1.46. The molecule has 0 aliphatic carbocycles. The summed E-state index contributed by atoms with van der Waals surface area (Å²) in [7, 11) is 0. The highest BCUT2D eigenvalue weighted by Gasteiger charge is 2.07. The second kappa shape index (κ2) is 3.96. The fourth-order valence-electron chi connectivity index (χ4n) is 1.51. The average molecular weight is 206 g/mol. The molecule has 1 atom stereocenters. The van der Waals surface area contributed by atoms with E-state index in [-0.39, 0.29) is 12.6 Å². The standard InChI is InChI=1S/C10H14N4O/c1-7-4-10-12-5-8(6-14(10)13-7)9(11)2-3-15/h4-6,9,15H,2-3,11H2,1H3. The summed E-state index contributed by atoms with van der Waals surface area (Å²) in [5, 5.41) is 13.0. The predicted molar refractivity (Wildman–Crippen MR) is 56.4 cm³/mol. The molecule has 0 bridgehead atoms. The van der Waals surface area contributed by atoms with Gasteiger partial charge >= 0.3 is 0 Å². The van der Waals surface area contributed by atoms with Crippen LogP contribution in [0.4, 0.5) is 0 Å². The van der Waals surface area contributed by atoms with Crippen molar-refractivity contribution in [3.63, 3.8) is 0 Å². The summed E-state index contributed by atoms with van der Waals surface area (Å²) >= 11 is 0. The van der Waals surface area contributed by atoms with Crippen LogP contribution in [0.15, 0.2) is 18.5 Å². The van der Waals surface area contributed by atoms with Crippen LogP contribution in [0.1, 0.15) is 23.7 Å². The van der Waals surface area contributed by atoms with E-state index in [1.165, 1.54) is 0 Å². The summed E-state index contributed by atoms with van der Waals surface area (Å²) in [6, 6.07) is 1.72. The minimum Gasteiger partial charge on any atom is -0.396 e. The summed E-state index contributed by atoms with van der Waals surface area (Å²) in [4.78, 5) is 4.24. The fourth-order valence-corrected chi connectivity index (χ4v) is 1.51. The van der Waals surface area contributed by atoms with Gasteiger partial charge in [0.25, 0.3) is 0 Å². The molecule has 0 fully saturated rings. The van der Waals surface area contributed by atoms with Crippen molar-refractivity contribution >= 4 is 5.65 Å². The smallest absolute Gasteiger partial charge is 0.155 e. The maximum Gasteiger partial charge on any atom is 0.155 e. The van der Waals surface area contributed by atoms with Crippen LogP contribution in [0.5, 0.6) is 0 Å². The Kier molecular flexibility index (Phi) is 2.66. The Balaban J connectivity index is 2.37. The van der Waals surface area contributed by atoms with Crippen LogP contribution in [0.3, 0.4) is 0 Å². The van der Waals surface area contributed by atoms with E-state index < -0.39 is 0 Å². The average Bonchev–Trinajstić information content (AvgIpc) is 2.57. The zero-order chi connectivity index (χ0) is 10.8. The van der Waals surface area contributed by atoms with Crippen LogP contribution in [0.2, 0.25) is 0 Å². The number of nitrogens with two attached hydrogens (primary N) is 1. The van der Waals surface area contributed by atoms with E-state index in [0.29, 0.717) is 6.42 Å². The molecule has 0 saturated carbocycles. The van der Waals surface area contributed by atoms with Crippen LogP contribution in [0, 0.1) is 6.92 Å². The van der Waals surface area contributed by atoms with E-state index in [0.717, 1.165) is 16.9 Å². The Morgan fingerprint density at radius 2 is 2.40 bits per heavy atom. The molecule has 0 aliphatic heterocycles. The van der Waals surface area contributed by atoms with Crippen molar-refractivity contribution in [1.82, 2.24) is 14.6 Å². The molecule has 2 heterocycles. The predicted octanol–water partition coefficient (Wildman–Crippen LogP) is 0.420. The van der Waals surface area contributed by atoms with E-state index in [1.807, 2.05) is 19.2 Å². The van der Waals surface area contributed by atoms with Crippen LogP contribution in [0.25, 0.3) is 5.65 Å². The van der Waals surface area contributed by atoms with Crippen molar-refractivity contribution in [3.8, 4) is 0 Å². The second-order valence-corrected chi connectivity index (χ2v) is 3.59. The summed E-state index contributed by atoms with van der Waals surface area (Å²) in [5.41, 5.74) is 8.49. The molecule has 0 saturated heterocycles. The van der Waals surface area contributed by atoms with E-state index in [4.69, 9.17) is 10.8 Å². The third-order valence-electron chi connectivity index (χ3n) is 2.32. The molecule has 5 heteroatoms. The summed E-state index contributed by atoms with van der Waals surface area (Å²) in [6.07, 6.45) is 4.12. The van der Waals surface area contributed by atoms with Gasteiger partial charge in [-0.3, -0.25) is 0 Å². The third-order valence-corrected chi connectivity index (χ3v) is 2.32. The van der Waals surface area contributed by atoms with Crippen molar-refractivity contribution < 1.29 is 5.11 Å². The number of hydrogen-bond acceptors (Lipinski definition) is 4.